The van der Waals surface area contributed by atoms with Crippen LogP contribution in [0.4, 0.5) is 0 Å². The summed E-state index contributed by atoms with van der Waals surface area (Å²) in [4.78, 5) is 21.2. The van der Waals surface area contributed by atoms with Crippen LogP contribution in [-0.2, 0) is 18.2 Å². The van der Waals surface area contributed by atoms with Gasteiger partial charge in [-0.2, -0.15) is 0 Å². The van der Waals surface area contributed by atoms with Gasteiger partial charge in [-0.25, -0.2) is 0 Å². The second-order valence-electron chi connectivity index (χ2n) is 2.21. The third-order valence-electron chi connectivity index (χ3n) is 1.23. The molecule has 0 saturated carbocycles. The summed E-state index contributed by atoms with van der Waals surface area (Å²) in [6.45, 7) is 2.06. The molecule has 0 aromatic carbocycles. The van der Waals surface area contributed by atoms with Gasteiger partial charge in [-0.3, -0.25) is 9.59 Å². The Kier molecular flexibility index (Phi) is 7.26. The van der Waals surface area contributed by atoms with Gasteiger partial charge in [0.25, 0.3) is 0 Å². The molecule has 0 rings (SSSR count). The fraction of sp³-hybridized carbons (Fsp3) is 0.714. The molecule has 0 radical (unpaired) electrons. The molecular weight excluding hydrogens is 308 g/mol. The Balaban J connectivity index is 3.67. The first-order valence-corrected chi connectivity index (χ1v) is 5.30. The van der Waals surface area contributed by atoms with Gasteiger partial charge in [-0.05, 0) is 13.3 Å². The van der Waals surface area contributed by atoms with Crippen molar-refractivity contribution in [1.29, 1.82) is 0 Å². The second kappa shape index (κ2) is 7.32. The summed E-state index contributed by atoms with van der Waals surface area (Å²) < 4.78 is 8.96. The first-order valence-electron chi connectivity index (χ1n) is 3.74. The third kappa shape index (κ3) is 6.04. The monoisotopic (exact) mass is 316 g/mol. The molecule has 0 fully saturated rings. The van der Waals surface area contributed by atoms with Gasteiger partial charge >= 0.3 is 11.9 Å². The molecule has 1 unspecified atom stereocenters. The molecule has 0 aliphatic heterocycles. The standard InChI is InChI=1S/C7H10Br2O4/c1-2-12-7(11)5(8)3-4-6(10)13-9/h5H,2-4H2,1H3. The lowest BCUT2D eigenvalue weighted by Gasteiger charge is -2.06. The average molecular weight is 318 g/mol. The molecular formula is C7H10Br2O4. The van der Waals surface area contributed by atoms with Gasteiger partial charge in [0.05, 0.1) is 6.61 Å². The minimum Gasteiger partial charge on any atom is -0.465 e. The molecule has 0 aromatic rings. The van der Waals surface area contributed by atoms with Crippen LogP contribution in [0, 0.1) is 0 Å². The molecule has 0 aliphatic carbocycles. The second-order valence-corrected chi connectivity index (χ2v) is 3.64. The number of carbonyl (C=O) groups excluding carboxylic acids is 2. The van der Waals surface area contributed by atoms with E-state index in [0.717, 1.165) is 0 Å². The molecule has 0 spiro atoms. The number of rotatable bonds is 5. The van der Waals surface area contributed by atoms with Crippen molar-refractivity contribution in [3.05, 3.63) is 0 Å². The van der Waals surface area contributed by atoms with Crippen LogP contribution in [0.3, 0.4) is 0 Å². The minimum absolute atomic E-state index is 0.167. The number of halogens is 2. The van der Waals surface area contributed by atoms with E-state index in [1.165, 1.54) is 0 Å². The fourth-order valence-electron chi connectivity index (χ4n) is 0.634. The highest BCUT2D eigenvalue weighted by atomic mass is 79.9. The van der Waals surface area contributed by atoms with Gasteiger partial charge in [-0.15, -0.1) is 0 Å². The molecule has 1 atom stereocenters. The van der Waals surface area contributed by atoms with Gasteiger partial charge in [-0.1, -0.05) is 15.9 Å². The highest BCUT2D eigenvalue weighted by Gasteiger charge is 2.17. The number of esters is 1. The van der Waals surface area contributed by atoms with Crippen LogP contribution in [0.1, 0.15) is 19.8 Å². The maximum Gasteiger partial charge on any atom is 0.319 e. The SMILES string of the molecule is CCOC(=O)C(Br)CCC(=O)OBr. The summed E-state index contributed by atoms with van der Waals surface area (Å²) in [5, 5.41) is 0. The smallest absolute Gasteiger partial charge is 0.319 e. The first-order chi connectivity index (χ1) is 6.11. The quantitative estimate of drug-likeness (QED) is 0.574. The van der Waals surface area contributed by atoms with Crippen LogP contribution in [0.25, 0.3) is 0 Å². The lowest BCUT2D eigenvalue weighted by Crippen LogP contribution is -2.18. The van der Waals surface area contributed by atoms with Crippen LogP contribution in [0.5, 0.6) is 0 Å². The maximum atomic E-state index is 11.0. The molecule has 0 aliphatic rings. The lowest BCUT2D eigenvalue weighted by atomic mass is 10.2. The van der Waals surface area contributed by atoms with Crippen LogP contribution in [0.15, 0.2) is 0 Å². The molecule has 6 heteroatoms. The zero-order valence-corrected chi connectivity index (χ0v) is 10.3. The van der Waals surface area contributed by atoms with Crippen molar-refractivity contribution >= 4 is 44.1 Å². The Hall–Kier alpha value is -0.100. The summed E-state index contributed by atoms with van der Waals surface area (Å²) in [5.74, 6) is -0.765. The van der Waals surface area contributed by atoms with Gasteiger partial charge < -0.3 is 8.57 Å². The summed E-state index contributed by atoms with van der Waals surface area (Å²) in [7, 11) is 0. The number of alkyl halides is 1. The predicted octanol–water partition coefficient (Wildman–Crippen LogP) is 1.95. The molecule has 0 bridgehead atoms. The Morgan fingerprint density at radius 1 is 1.46 bits per heavy atom. The number of ether oxygens (including phenoxy) is 1. The van der Waals surface area contributed by atoms with Crippen molar-refractivity contribution < 1.29 is 18.2 Å². The number of hydrogen-bond acceptors (Lipinski definition) is 4. The van der Waals surface area contributed by atoms with Crippen molar-refractivity contribution in [2.24, 2.45) is 0 Å². The van der Waals surface area contributed by atoms with Gasteiger partial charge in [0.1, 0.15) is 4.83 Å². The van der Waals surface area contributed by atoms with E-state index in [2.05, 4.69) is 36.0 Å². The van der Waals surface area contributed by atoms with Gasteiger partial charge in [0.2, 0.25) is 0 Å². The predicted molar refractivity (Wildman–Crippen MR) is 53.6 cm³/mol. The summed E-state index contributed by atoms with van der Waals surface area (Å²) in [6, 6.07) is 0. The Morgan fingerprint density at radius 3 is 2.54 bits per heavy atom. The van der Waals surface area contributed by atoms with E-state index in [-0.39, 0.29) is 12.4 Å². The van der Waals surface area contributed by atoms with Crippen molar-refractivity contribution in [1.82, 2.24) is 0 Å². The molecule has 76 valence electrons. The number of carbonyl (C=O) groups is 2. The van der Waals surface area contributed by atoms with Crippen LogP contribution in [-0.4, -0.2) is 23.4 Å². The van der Waals surface area contributed by atoms with Crippen molar-refractivity contribution in [3.8, 4) is 0 Å². The Morgan fingerprint density at radius 2 is 2.08 bits per heavy atom. The molecule has 13 heavy (non-hydrogen) atoms. The summed E-state index contributed by atoms with van der Waals surface area (Å²) in [6.07, 6.45) is 0.531. The highest BCUT2D eigenvalue weighted by molar-refractivity contribution is 9.10. The Bertz CT molecular complexity index is 183. The molecule has 4 nitrogen and oxygen atoms in total. The van der Waals surface area contributed by atoms with Crippen molar-refractivity contribution in [2.45, 2.75) is 24.6 Å². The zero-order valence-electron chi connectivity index (χ0n) is 7.09. The first kappa shape index (κ1) is 12.9. The van der Waals surface area contributed by atoms with Gasteiger partial charge in [0.15, 0.2) is 16.3 Å². The summed E-state index contributed by atoms with van der Waals surface area (Å²) >= 11 is 5.66. The molecule has 0 heterocycles. The Labute approximate surface area is 93.5 Å². The molecule has 0 N–H and O–H groups in total. The zero-order chi connectivity index (χ0) is 10.3. The fourth-order valence-corrected chi connectivity index (χ4v) is 1.16. The van der Waals surface area contributed by atoms with Crippen molar-refractivity contribution in [2.75, 3.05) is 6.61 Å². The lowest BCUT2D eigenvalue weighted by molar-refractivity contribution is -0.142. The largest absolute Gasteiger partial charge is 0.465 e. The summed E-state index contributed by atoms with van der Waals surface area (Å²) in [5.41, 5.74) is 0. The van der Waals surface area contributed by atoms with E-state index in [1.807, 2.05) is 0 Å². The normalized spacial score (nSPS) is 11.9. The van der Waals surface area contributed by atoms with E-state index in [0.29, 0.717) is 13.0 Å². The molecule has 0 aromatic heterocycles. The van der Waals surface area contributed by atoms with E-state index >= 15 is 0 Å². The number of hydrogen-bond donors (Lipinski definition) is 0. The minimum atomic E-state index is -0.445. The third-order valence-corrected chi connectivity index (χ3v) is 2.42. The van der Waals surface area contributed by atoms with Gasteiger partial charge in [0, 0.05) is 6.42 Å². The van der Waals surface area contributed by atoms with E-state index in [1.54, 1.807) is 6.92 Å². The molecule has 0 saturated heterocycles. The van der Waals surface area contributed by atoms with Crippen molar-refractivity contribution in [3.63, 3.8) is 0 Å². The van der Waals surface area contributed by atoms with Crippen LogP contribution < -0.4 is 0 Å². The van der Waals surface area contributed by atoms with E-state index < -0.39 is 10.8 Å². The van der Waals surface area contributed by atoms with E-state index in [9.17, 15) is 9.59 Å². The maximum absolute atomic E-state index is 11.0. The molecule has 0 amide bonds. The highest BCUT2D eigenvalue weighted by Crippen LogP contribution is 2.11. The van der Waals surface area contributed by atoms with E-state index in [4.69, 9.17) is 4.74 Å². The topological polar surface area (TPSA) is 52.6 Å². The van der Waals surface area contributed by atoms with Crippen LogP contribution in [0.2, 0.25) is 0 Å². The average Bonchev–Trinajstić information content (AvgIpc) is 2.13. The van der Waals surface area contributed by atoms with Crippen LogP contribution >= 0.6 is 32.2 Å².